The van der Waals surface area contributed by atoms with Gasteiger partial charge in [-0.15, -0.1) is 0 Å². The molecule has 84 valence electrons. The lowest BCUT2D eigenvalue weighted by Gasteiger charge is -2.13. The summed E-state index contributed by atoms with van der Waals surface area (Å²) >= 11 is 0. The summed E-state index contributed by atoms with van der Waals surface area (Å²) in [4.78, 5) is 4.29. The molecule has 1 heterocycles. The summed E-state index contributed by atoms with van der Waals surface area (Å²) in [5, 5.41) is 0. The zero-order valence-corrected chi connectivity index (χ0v) is 9.46. The summed E-state index contributed by atoms with van der Waals surface area (Å²) in [6.45, 7) is 4.44. The number of aryl methyl sites for hydroxylation is 1. The fourth-order valence-corrected chi connectivity index (χ4v) is 1.56. The zero-order valence-electron chi connectivity index (χ0n) is 9.46. The normalized spacial score (nSPS) is 15.4. The van der Waals surface area contributed by atoms with Crippen molar-refractivity contribution >= 4 is 5.90 Å². The Morgan fingerprint density at radius 3 is 2.81 bits per heavy atom. The lowest BCUT2D eigenvalue weighted by molar-refractivity contribution is 0.537. The van der Waals surface area contributed by atoms with Gasteiger partial charge in [0.25, 0.3) is 0 Å². The highest BCUT2D eigenvalue weighted by Gasteiger charge is 2.09. The van der Waals surface area contributed by atoms with Gasteiger partial charge in [-0.25, -0.2) is 4.39 Å². The highest BCUT2D eigenvalue weighted by molar-refractivity contribution is 5.95. The molecule has 0 N–H and O–H groups in total. The van der Waals surface area contributed by atoms with Gasteiger partial charge >= 0.3 is 0 Å². The summed E-state index contributed by atoms with van der Waals surface area (Å²) in [6, 6.07) is 4.71. The molecule has 1 aliphatic rings. The summed E-state index contributed by atoms with van der Waals surface area (Å²) in [5.41, 5.74) is 1.61. The van der Waals surface area contributed by atoms with E-state index in [1.165, 1.54) is 6.07 Å². The number of rotatable bonds is 1. The molecule has 0 unspecified atom stereocenters. The minimum atomic E-state index is -0.217. The maximum atomic E-state index is 13.1. The van der Waals surface area contributed by atoms with Crippen LogP contribution in [0.3, 0.4) is 0 Å². The van der Waals surface area contributed by atoms with Gasteiger partial charge in [0, 0.05) is 12.1 Å². The Morgan fingerprint density at radius 2 is 2.12 bits per heavy atom. The Labute approximate surface area is 94.5 Å². The highest BCUT2D eigenvalue weighted by Crippen LogP contribution is 2.18. The summed E-state index contributed by atoms with van der Waals surface area (Å²) in [7, 11) is 0. The summed E-state index contributed by atoms with van der Waals surface area (Å²) < 4.78 is 18.7. The first-order valence-electron chi connectivity index (χ1n) is 5.32. The molecular weight excluding hydrogens is 205 g/mol. The number of hydrogen-bond acceptors (Lipinski definition) is 2. The van der Waals surface area contributed by atoms with Crippen molar-refractivity contribution in [2.24, 2.45) is 4.99 Å². The quantitative estimate of drug-likeness (QED) is 0.710. The van der Waals surface area contributed by atoms with Gasteiger partial charge in [0.05, 0.1) is 0 Å². The molecule has 0 bridgehead atoms. The van der Waals surface area contributed by atoms with Crippen LogP contribution in [0.25, 0.3) is 0 Å². The van der Waals surface area contributed by atoms with Gasteiger partial charge in [-0.05, 0) is 44.0 Å². The molecule has 0 amide bonds. The second-order valence-corrected chi connectivity index (χ2v) is 3.88. The number of nitrogens with zero attached hydrogens (tertiary/aromatic N) is 1. The molecule has 0 spiro atoms. The second-order valence-electron chi connectivity index (χ2n) is 3.88. The summed E-state index contributed by atoms with van der Waals surface area (Å²) in [5.74, 6) is 1.05. The van der Waals surface area contributed by atoms with Gasteiger partial charge in [-0.1, -0.05) is 6.08 Å². The third-order valence-electron chi connectivity index (χ3n) is 2.52. The zero-order chi connectivity index (χ0) is 11.5. The van der Waals surface area contributed by atoms with Gasteiger partial charge in [0.2, 0.25) is 5.90 Å². The van der Waals surface area contributed by atoms with Crippen molar-refractivity contribution in [3.63, 3.8) is 0 Å². The predicted molar refractivity (Wildman–Crippen MR) is 62.4 cm³/mol. The Bertz CT molecular complexity index is 463. The van der Waals surface area contributed by atoms with E-state index < -0.39 is 0 Å². The monoisotopic (exact) mass is 219 g/mol. The Balaban J connectivity index is 2.18. The van der Waals surface area contributed by atoms with E-state index in [1.54, 1.807) is 19.1 Å². The van der Waals surface area contributed by atoms with Crippen molar-refractivity contribution in [2.45, 2.75) is 20.3 Å². The average Bonchev–Trinajstić information content (AvgIpc) is 2.27. The van der Waals surface area contributed by atoms with Crippen molar-refractivity contribution < 1.29 is 9.13 Å². The first-order valence-corrected chi connectivity index (χ1v) is 5.32. The van der Waals surface area contributed by atoms with Crippen LogP contribution in [0.15, 0.2) is 34.8 Å². The topological polar surface area (TPSA) is 21.6 Å². The summed E-state index contributed by atoms with van der Waals surface area (Å²) in [6.07, 6.45) is 3.06. The molecule has 0 aliphatic carbocycles. The van der Waals surface area contributed by atoms with Crippen LogP contribution in [-0.4, -0.2) is 12.4 Å². The third kappa shape index (κ3) is 2.30. The van der Waals surface area contributed by atoms with Crippen LogP contribution in [0, 0.1) is 12.7 Å². The Kier molecular flexibility index (Phi) is 3.04. The van der Waals surface area contributed by atoms with Crippen LogP contribution in [0.4, 0.5) is 4.39 Å². The molecule has 16 heavy (non-hydrogen) atoms. The Hall–Kier alpha value is -1.64. The molecule has 0 radical (unpaired) electrons. The minimum Gasteiger partial charge on any atom is -0.439 e. The molecule has 0 atom stereocenters. The molecule has 1 aliphatic heterocycles. The van der Waals surface area contributed by atoms with Crippen molar-refractivity contribution in [3.05, 3.63) is 41.2 Å². The van der Waals surface area contributed by atoms with E-state index in [4.69, 9.17) is 4.74 Å². The average molecular weight is 219 g/mol. The van der Waals surface area contributed by atoms with E-state index in [-0.39, 0.29) is 5.82 Å². The van der Waals surface area contributed by atoms with E-state index in [2.05, 4.69) is 11.1 Å². The van der Waals surface area contributed by atoms with Crippen molar-refractivity contribution in [3.8, 4) is 5.75 Å². The molecule has 0 saturated carbocycles. The highest BCUT2D eigenvalue weighted by atomic mass is 19.1. The molecule has 1 aromatic carbocycles. The third-order valence-corrected chi connectivity index (χ3v) is 2.52. The predicted octanol–water partition coefficient (Wildman–Crippen LogP) is 3.26. The van der Waals surface area contributed by atoms with Gasteiger partial charge < -0.3 is 4.74 Å². The van der Waals surface area contributed by atoms with E-state index in [0.717, 1.165) is 18.5 Å². The lowest BCUT2D eigenvalue weighted by atomic mass is 10.2. The van der Waals surface area contributed by atoms with E-state index in [9.17, 15) is 4.39 Å². The van der Waals surface area contributed by atoms with Gasteiger partial charge in [-0.3, -0.25) is 4.99 Å². The minimum absolute atomic E-state index is 0.217. The fraction of sp³-hybridized carbons (Fsp3) is 0.308. The van der Waals surface area contributed by atoms with Crippen molar-refractivity contribution in [1.29, 1.82) is 0 Å². The van der Waals surface area contributed by atoms with Crippen LogP contribution in [0.5, 0.6) is 5.75 Å². The number of aliphatic imine (C=N–C) groups is 1. The number of ether oxygens (including phenoxy) is 1. The molecule has 0 fully saturated rings. The van der Waals surface area contributed by atoms with E-state index >= 15 is 0 Å². The lowest BCUT2D eigenvalue weighted by Crippen LogP contribution is -2.14. The molecule has 3 heteroatoms. The standard InChI is InChI=1S/C13H14FNO/c1-9-4-3-7-15-13(9)16-11-5-6-12(14)10(2)8-11/h4-6,8H,3,7H2,1-2H3. The SMILES string of the molecule is CC1=CCCN=C1Oc1ccc(F)c(C)c1. The van der Waals surface area contributed by atoms with Gasteiger partial charge in [0.1, 0.15) is 11.6 Å². The Morgan fingerprint density at radius 1 is 1.31 bits per heavy atom. The first kappa shape index (κ1) is 10.9. The molecular formula is C13H14FNO. The molecule has 0 aromatic heterocycles. The maximum Gasteiger partial charge on any atom is 0.217 e. The number of dihydropyridines is 1. The van der Waals surface area contributed by atoms with E-state index in [1.807, 2.05) is 6.92 Å². The maximum absolute atomic E-state index is 13.1. The number of benzene rings is 1. The smallest absolute Gasteiger partial charge is 0.217 e. The van der Waals surface area contributed by atoms with Crippen LogP contribution in [0.2, 0.25) is 0 Å². The number of halogens is 1. The van der Waals surface area contributed by atoms with Crippen LogP contribution < -0.4 is 4.74 Å². The second kappa shape index (κ2) is 4.47. The van der Waals surface area contributed by atoms with Crippen molar-refractivity contribution in [1.82, 2.24) is 0 Å². The van der Waals surface area contributed by atoms with Crippen LogP contribution >= 0.6 is 0 Å². The first-order chi connectivity index (χ1) is 7.66. The fourth-order valence-electron chi connectivity index (χ4n) is 1.56. The molecule has 1 aromatic rings. The molecule has 0 saturated heterocycles. The number of hydrogen-bond donors (Lipinski definition) is 0. The molecule has 2 rings (SSSR count). The van der Waals surface area contributed by atoms with Crippen LogP contribution in [-0.2, 0) is 0 Å². The molecule has 2 nitrogen and oxygen atoms in total. The van der Waals surface area contributed by atoms with Crippen LogP contribution in [0.1, 0.15) is 18.9 Å². The van der Waals surface area contributed by atoms with Gasteiger partial charge in [-0.2, -0.15) is 0 Å². The van der Waals surface area contributed by atoms with E-state index in [0.29, 0.717) is 17.2 Å². The largest absolute Gasteiger partial charge is 0.439 e. The van der Waals surface area contributed by atoms with Crippen molar-refractivity contribution in [2.75, 3.05) is 6.54 Å². The van der Waals surface area contributed by atoms with Gasteiger partial charge in [0.15, 0.2) is 0 Å².